The van der Waals surface area contributed by atoms with Crippen LogP contribution in [0.1, 0.15) is 66.2 Å². The Kier molecular flexibility index (Phi) is 7.24. The quantitative estimate of drug-likeness (QED) is 0.602. The van der Waals surface area contributed by atoms with Crippen LogP contribution < -0.4 is 0 Å². The molecule has 2 unspecified atom stereocenters. The molecule has 0 saturated heterocycles. The third-order valence-corrected chi connectivity index (χ3v) is 6.14. The van der Waals surface area contributed by atoms with Gasteiger partial charge in [-0.25, -0.2) is 8.42 Å². The van der Waals surface area contributed by atoms with Crippen molar-refractivity contribution in [1.29, 1.82) is 0 Å². The second-order valence-electron chi connectivity index (χ2n) is 4.33. The monoisotopic (exact) mass is 234 g/mol. The van der Waals surface area contributed by atoms with Crippen LogP contribution in [0, 0.1) is 0 Å². The van der Waals surface area contributed by atoms with Crippen LogP contribution in [0.4, 0.5) is 0 Å². The minimum Gasteiger partial charge on any atom is -0.228 e. The Morgan fingerprint density at radius 1 is 1.00 bits per heavy atom. The lowest BCUT2D eigenvalue weighted by Crippen LogP contribution is -2.29. The third kappa shape index (κ3) is 4.54. The van der Waals surface area contributed by atoms with E-state index in [0.717, 1.165) is 38.5 Å². The van der Waals surface area contributed by atoms with Crippen molar-refractivity contribution in [1.82, 2.24) is 0 Å². The molecular formula is C12H26O2S. The molecule has 3 heteroatoms. The lowest BCUT2D eigenvalue weighted by molar-refractivity contribution is 0.540. The van der Waals surface area contributed by atoms with Gasteiger partial charge in [-0.2, -0.15) is 0 Å². The maximum atomic E-state index is 12.1. The molecule has 0 spiro atoms. The molecule has 0 aromatic heterocycles. The van der Waals surface area contributed by atoms with Gasteiger partial charge in [0.05, 0.1) is 10.5 Å². The van der Waals surface area contributed by atoms with E-state index in [1.54, 1.807) is 0 Å². The molecule has 0 amide bonds. The highest BCUT2D eigenvalue weighted by Gasteiger charge is 2.28. The molecule has 0 heterocycles. The van der Waals surface area contributed by atoms with Crippen LogP contribution in [0.2, 0.25) is 0 Å². The summed E-state index contributed by atoms with van der Waals surface area (Å²) in [5.74, 6) is 0. The Morgan fingerprint density at radius 2 is 1.60 bits per heavy atom. The first-order chi connectivity index (χ1) is 7.00. The summed E-state index contributed by atoms with van der Waals surface area (Å²) in [6.07, 6.45) is 5.68. The molecule has 0 aromatic carbocycles. The third-order valence-electron chi connectivity index (χ3n) is 3.19. The summed E-state index contributed by atoms with van der Waals surface area (Å²) in [5.41, 5.74) is 0. The van der Waals surface area contributed by atoms with Crippen molar-refractivity contribution in [2.45, 2.75) is 76.7 Å². The predicted molar refractivity (Wildman–Crippen MR) is 66.9 cm³/mol. The van der Waals surface area contributed by atoms with Crippen LogP contribution in [-0.4, -0.2) is 18.9 Å². The Hall–Kier alpha value is -0.0500. The number of rotatable bonds is 8. The molecule has 0 aromatic rings. The van der Waals surface area contributed by atoms with Crippen LogP contribution in [0.15, 0.2) is 0 Å². The van der Waals surface area contributed by atoms with Gasteiger partial charge in [0.15, 0.2) is 9.84 Å². The van der Waals surface area contributed by atoms with E-state index in [9.17, 15) is 8.42 Å². The molecule has 2 atom stereocenters. The first kappa shape index (κ1) is 14.9. The molecule has 0 saturated carbocycles. The van der Waals surface area contributed by atoms with Gasteiger partial charge in [0.25, 0.3) is 0 Å². The summed E-state index contributed by atoms with van der Waals surface area (Å²) in [7, 11) is -2.88. The lowest BCUT2D eigenvalue weighted by atomic mass is 10.1. The summed E-state index contributed by atoms with van der Waals surface area (Å²) in [5, 5.41) is -0.289. The van der Waals surface area contributed by atoms with Gasteiger partial charge in [0.1, 0.15) is 0 Å². The van der Waals surface area contributed by atoms with E-state index in [-0.39, 0.29) is 10.5 Å². The molecule has 0 rings (SSSR count). The highest BCUT2D eigenvalue weighted by Crippen LogP contribution is 2.20. The van der Waals surface area contributed by atoms with Crippen molar-refractivity contribution in [3.05, 3.63) is 0 Å². The van der Waals surface area contributed by atoms with Crippen molar-refractivity contribution < 1.29 is 8.42 Å². The Labute approximate surface area is 95.4 Å². The van der Waals surface area contributed by atoms with Gasteiger partial charge >= 0.3 is 0 Å². The molecule has 92 valence electrons. The van der Waals surface area contributed by atoms with E-state index in [1.807, 2.05) is 20.8 Å². The Balaban J connectivity index is 4.38. The fourth-order valence-corrected chi connectivity index (χ4v) is 3.87. The van der Waals surface area contributed by atoms with Gasteiger partial charge in [0.2, 0.25) is 0 Å². The summed E-state index contributed by atoms with van der Waals surface area (Å²) >= 11 is 0. The highest BCUT2D eigenvalue weighted by molar-refractivity contribution is 7.92. The first-order valence-corrected chi connectivity index (χ1v) is 7.84. The normalized spacial score (nSPS) is 16.3. The molecule has 15 heavy (non-hydrogen) atoms. The minimum atomic E-state index is -2.88. The largest absolute Gasteiger partial charge is 0.228 e. The van der Waals surface area contributed by atoms with Crippen molar-refractivity contribution in [2.24, 2.45) is 0 Å². The van der Waals surface area contributed by atoms with Crippen molar-refractivity contribution in [3.63, 3.8) is 0 Å². The zero-order valence-electron chi connectivity index (χ0n) is 10.6. The zero-order chi connectivity index (χ0) is 11.9. The van der Waals surface area contributed by atoms with Gasteiger partial charge in [-0.15, -0.1) is 0 Å². The Bertz CT molecular complexity index is 244. The molecule has 2 nitrogen and oxygen atoms in total. The lowest BCUT2D eigenvalue weighted by Gasteiger charge is -2.19. The van der Waals surface area contributed by atoms with Crippen LogP contribution in [0.25, 0.3) is 0 Å². The van der Waals surface area contributed by atoms with Gasteiger partial charge in [-0.05, 0) is 26.2 Å². The van der Waals surface area contributed by atoms with Crippen molar-refractivity contribution >= 4 is 9.84 Å². The fourth-order valence-electron chi connectivity index (χ4n) is 1.78. The minimum absolute atomic E-state index is 0.112. The highest BCUT2D eigenvalue weighted by atomic mass is 32.2. The SMILES string of the molecule is CCCCCC(CC)S(=O)(=O)C(C)CC. The van der Waals surface area contributed by atoms with Crippen molar-refractivity contribution in [3.8, 4) is 0 Å². The number of unbranched alkanes of at least 4 members (excludes halogenated alkanes) is 2. The standard InChI is InChI=1S/C12H26O2S/c1-5-8-9-10-12(7-3)15(13,14)11(4)6-2/h11-12H,5-10H2,1-4H3. The molecule has 0 N–H and O–H groups in total. The topological polar surface area (TPSA) is 34.1 Å². The van der Waals surface area contributed by atoms with Gasteiger partial charge in [-0.3, -0.25) is 0 Å². The van der Waals surface area contributed by atoms with Gasteiger partial charge in [-0.1, -0.05) is 40.0 Å². The summed E-state index contributed by atoms with van der Waals surface area (Å²) in [6, 6.07) is 0. The average Bonchev–Trinajstić information content (AvgIpc) is 2.22. The first-order valence-electron chi connectivity index (χ1n) is 6.23. The maximum Gasteiger partial charge on any atom is 0.155 e. The number of hydrogen-bond donors (Lipinski definition) is 0. The Morgan fingerprint density at radius 3 is 2.00 bits per heavy atom. The van der Waals surface area contributed by atoms with Gasteiger partial charge < -0.3 is 0 Å². The number of hydrogen-bond acceptors (Lipinski definition) is 2. The van der Waals surface area contributed by atoms with Crippen LogP contribution in [0.3, 0.4) is 0 Å². The second-order valence-corrected chi connectivity index (χ2v) is 6.98. The predicted octanol–water partition coefficient (Wildman–Crippen LogP) is 3.56. The van der Waals surface area contributed by atoms with E-state index < -0.39 is 9.84 Å². The van der Waals surface area contributed by atoms with E-state index in [4.69, 9.17) is 0 Å². The van der Waals surface area contributed by atoms with Crippen LogP contribution in [0.5, 0.6) is 0 Å². The van der Waals surface area contributed by atoms with Crippen LogP contribution in [-0.2, 0) is 9.84 Å². The van der Waals surface area contributed by atoms with Crippen LogP contribution >= 0.6 is 0 Å². The molecule has 0 aliphatic heterocycles. The summed E-state index contributed by atoms with van der Waals surface area (Å²) in [6.45, 7) is 7.90. The average molecular weight is 234 g/mol. The fraction of sp³-hybridized carbons (Fsp3) is 1.00. The summed E-state index contributed by atoms with van der Waals surface area (Å²) in [4.78, 5) is 0. The van der Waals surface area contributed by atoms with Crippen molar-refractivity contribution in [2.75, 3.05) is 0 Å². The molecule has 0 aliphatic carbocycles. The molecule has 0 radical (unpaired) electrons. The molecule has 0 bridgehead atoms. The molecule has 0 aliphatic rings. The smallest absolute Gasteiger partial charge is 0.155 e. The molecular weight excluding hydrogens is 208 g/mol. The van der Waals surface area contributed by atoms with E-state index >= 15 is 0 Å². The van der Waals surface area contributed by atoms with Gasteiger partial charge in [0, 0.05) is 0 Å². The second kappa shape index (κ2) is 7.26. The molecule has 0 fully saturated rings. The van der Waals surface area contributed by atoms with E-state index in [0.29, 0.717) is 0 Å². The zero-order valence-corrected chi connectivity index (χ0v) is 11.4. The number of sulfone groups is 1. The van der Waals surface area contributed by atoms with E-state index in [1.165, 1.54) is 0 Å². The maximum absolute atomic E-state index is 12.1. The van der Waals surface area contributed by atoms with E-state index in [2.05, 4.69) is 6.92 Å². The summed E-state index contributed by atoms with van der Waals surface area (Å²) < 4.78 is 24.2.